The first-order valence-corrected chi connectivity index (χ1v) is 10.6. The highest BCUT2D eigenvalue weighted by atomic mass is 32.2. The zero-order chi connectivity index (χ0) is 16.0. The molecule has 0 radical (unpaired) electrons. The molecule has 1 aliphatic rings. The van der Waals surface area contributed by atoms with Gasteiger partial charge in [0.15, 0.2) is 0 Å². The summed E-state index contributed by atoms with van der Waals surface area (Å²) in [6.07, 6.45) is 18.1. The minimum absolute atomic E-state index is 0.0816. The lowest BCUT2D eigenvalue weighted by molar-refractivity contribution is -0.142. The van der Waals surface area contributed by atoms with Crippen LogP contribution in [0.25, 0.3) is 0 Å². The highest BCUT2D eigenvalue weighted by Gasteiger charge is 2.30. The van der Waals surface area contributed by atoms with Gasteiger partial charge in [0, 0.05) is 5.25 Å². The SMILES string of the molecule is CCCCCCCCCCCCSC1CCCCC1C(=O)O. The van der Waals surface area contributed by atoms with E-state index in [1.54, 1.807) is 0 Å². The first-order chi connectivity index (χ1) is 10.8. The normalized spacial score (nSPS) is 21.9. The van der Waals surface area contributed by atoms with E-state index in [0.29, 0.717) is 5.25 Å². The second-order valence-corrected chi connectivity index (χ2v) is 8.17. The summed E-state index contributed by atoms with van der Waals surface area (Å²) in [5, 5.41) is 9.65. The summed E-state index contributed by atoms with van der Waals surface area (Å²) >= 11 is 1.93. The van der Waals surface area contributed by atoms with Crippen LogP contribution in [0.15, 0.2) is 0 Å². The molecule has 0 aromatic carbocycles. The van der Waals surface area contributed by atoms with E-state index >= 15 is 0 Å². The summed E-state index contributed by atoms with van der Waals surface area (Å²) in [5.41, 5.74) is 0. The lowest BCUT2D eigenvalue weighted by Gasteiger charge is -2.27. The van der Waals surface area contributed by atoms with Gasteiger partial charge in [0.1, 0.15) is 0 Å². The van der Waals surface area contributed by atoms with Crippen LogP contribution < -0.4 is 0 Å². The van der Waals surface area contributed by atoms with E-state index in [1.807, 2.05) is 11.8 Å². The van der Waals surface area contributed by atoms with Gasteiger partial charge < -0.3 is 5.11 Å². The number of aliphatic carboxylic acids is 1. The van der Waals surface area contributed by atoms with Gasteiger partial charge in [0.05, 0.1) is 5.92 Å². The summed E-state index contributed by atoms with van der Waals surface area (Å²) in [6, 6.07) is 0. The Hall–Kier alpha value is -0.180. The molecule has 0 aromatic rings. The molecule has 0 aromatic heterocycles. The third-order valence-corrected chi connectivity index (χ3v) is 6.37. The van der Waals surface area contributed by atoms with Crippen LogP contribution in [-0.4, -0.2) is 22.1 Å². The van der Waals surface area contributed by atoms with Crippen molar-refractivity contribution in [1.82, 2.24) is 0 Å². The first-order valence-electron chi connectivity index (χ1n) is 9.60. The van der Waals surface area contributed by atoms with E-state index in [-0.39, 0.29) is 5.92 Å². The molecular formula is C19H36O2S. The van der Waals surface area contributed by atoms with Gasteiger partial charge in [0.25, 0.3) is 0 Å². The Morgan fingerprint density at radius 1 is 0.909 bits per heavy atom. The summed E-state index contributed by atoms with van der Waals surface area (Å²) in [7, 11) is 0. The van der Waals surface area contributed by atoms with Gasteiger partial charge in [-0.2, -0.15) is 11.8 Å². The molecule has 0 saturated heterocycles. The predicted octanol–water partition coefficient (Wildman–Crippen LogP) is 6.28. The maximum absolute atomic E-state index is 11.3. The van der Waals surface area contributed by atoms with Crippen LogP contribution in [0.5, 0.6) is 0 Å². The Morgan fingerprint density at radius 2 is 1.45 bits per heavy atom. The number of thioether (sulfide) groups is 1. The van der Waals surface area contributed by atoms with E-state index in [0.717, 1.165) is 25.0 Å². The van der Waals surface area contributed by atoms with Crippen molar-refractivity contribution in [1.29, 1.82) is 0 Å². The van der Waals surface area contributed by atoms with Gasteiger partial charge in [-0.05, 0) is 25.0 Å². The molecule has 2 unspecified atom stereocenters. The van der Waals surface area contributed by atoms with Crippen molar-refractivity contribution in [3.05, 3.63) is 0 Å². The number of carboxylic acid groups (broad SMARTS) is 1. The molecule has 0 aliphatic heterocycles. The molecule has 0 spiro atoms. The molecule has 1 N–H and O–H groups in total. The van der Waals surface area contributed by atoms with E-state index < -0.39 is 5.97 Å². The van der Waals surface area contributed by atoms with Crippen molar-refractivity contribution >= 4 is 17.7 Å². The van der Waals surface area contributed by atoms with E-state index in [2.05, 4.69) is 6.92 Å². The number of hydrogen-bond acceptors (Lipinski definition) is 2. The molecule has 130 valence electrons. The Bertz CT molecular complexity index is 281. The molecular weight excluding hydrogens is 292 g/mol. The Labute approximate surface area is 141 Å². The maximum Gasteiger partial charge on any atom is 0.307 e. The lowest BCUT2D eigenvalue weighted by atomic mass is 9.89. The molecule has 0 amide bonds. The van der Waals surface area contributed by atoms with Crippen molar-refractivity contribution in [3.63, 3.8) is 0 Å². The molecule has 1 fully saturated rings. The molecule has 1 rings (SSSR count). The largest absolute Gasteiger partial charge is 0.481 e. The van der Waals surface area contributed by atoms with Crippen molar-refractivity contribution in [2.24, 2.45) is 5.92 Å². The summed E-state index contributed by atoms with van der Waals surface area (Å²) in [6.45, 7) is 2.27. The van der Waals surface area contributed by atoms with Gasteiger partial charge in [-0.1, -0.05) is 77.6 Å². The summed E-state index contributed by atoms with van der Waals surface area (Å²) in [5.74, 6) is 0.507. The number of rotatable bonds is 13. The molecule has 2 atom stereocenters. The smallest absolute Gasteiger partial charge is 0.307 e. The van der Waals surface area contributed by atoms with Crippen LogP contribution >= 0.6 is 11.8 Å². The number of carboxylic acids is 1. The van der Waals surface area contributed by atoms with Crippen molar-refractivity contribution in [2.45, 2.75) is 102 Å². The summed E-state index contributed by atoms with van der Waals surface area (Å²) < 4.78 is 0. The van der Waals surface area contributed by atoms with Gasteiger partial charge in [-0.25, -0.2) is 0 Å². The monoisotopic (exact) mass is 328 g/mol. The van der Waals surface area contributed by atoms with Crippen molar-refractivity contribution in [3.8, 4) is 0 Å². The second-order valence-electron chi connectivity index (χ2n) is 6.82. The first kappa shape index (κ1) is 19.9. The predicted molar refractivity (Wildman–Crippen MR) is 97.7 cm³/mol. The second kappa shape index (κ2) is 13.3. The van der Waals surface area contributed by atoms with Crippen molar-refractivity contribution < 1.29 is 9.90 Å². The van der Waals surface area contributed by atoms with E-state index in [1.165, 1.54) is 70.6 Å². The third kappa shape index (κ3) is 9.07. The number of hydrogen-bond donors (Lipinski definition) is 1. The topological polar surface area (TPSA) is 37.3 Å². The average molecular weight is 329 g/mol. The van der Waals surface area contributed by atoms with Crippen LogP contribution in [0.1, 0.15) is 96.8 Å². The van der Waals surface area contributed by atoms with E-state index in [4.69, 9.17) is 0 Å². The molecule has 1 saturated carbocycles. The minimum atomic E-state index is -0.569. The fourth-order valence-corrected chi connectivity index (χ4v) is 4.89. The fraction of sp³-hybridized carbons (Fsp3) is 0.947. The Balaban J connectivity index is 1.91. The highest BCUT2D eigenvalue weighted by Crippen LogP contribution is 2.34. The number of unbranched alkanes of at least 4 members (excludes halogenated alkanes) is 9. The van der Waals surface area contributed by atoms with Crippen LogP contribution in [-0.2, 0) is 4.79 Å². The van der Waals surface area contributed by atoms with Crippen molar-refractivity contribution in [2.75, 3.05) is 5.75 Å². The molecule has 0 heterocycles. The quantitative estimate of drug-likeness (QED) is 0.404. The van der Waals surface area contributed by atoms with Crippen LogP contribution in [0, 0.1) is 5.92 Å². The van der Waals surface area contributed by atoms with Gasteiger partial charge in [0.2, 0.25) is 0 Å². The highest BCUT2D eigenvalue weighted by molar-refractivity contribution is 7.99. The van der Waals surface area contributed by atoms with Gasteiger partial charge >= 0.3 is 5.97 Å². The molecule has 0 bridgehead atoms. The van der Waals surface area contributed by atoms with Crippen LogP contribution in [0.4, 0.5) is 0 Å². The molecule has 2 nitrogen and oxygen atoms in total. The van der Waals surface area contributed by atoms with Gasteiger partial charge in [-0.3, -0.25) is 4.79 Å². The Morgan fingerprint density at radius 3 is 2.05 bits per heavy atom. The fourth-order valence-electron chi connectivity index (χ4n) is 3.40. The number of carbonyl (C=O) groups is 1. The zero-order valence-electron chi connectivity index (χ0n) is 14.5. The maximum atomic E-state index is 11.3. The van der Waals surface area contributed by atoms with Crippen LogP contribution in [0.2, 0.25) is 0 Å². The standard InChI is InChI=1S/C19H36O2S/c1-2-3-4-5-6-7-8-9-10-13-16-22-18-15-12-11-14-17(18)19(20)21/h17-18H,2-16H2,1H3,(H,20,21). The third-order valence-electron chi connectivity index (χ3n) is 4.85. The molecule has 1 aliphatic carbocycles. The molecule has 22 heavy (non-hydrogen) atoms. The lowest BCUT2D eigenvalue weighted by Crippen LogP contribution is -2.29. The van der Waals surface area contributed by atoms with Crippen LogP contribution in [0.3, 0.4) is 0 Å². The zero-order valence-corrected chi connectivity index (χ0v) is 15.3. The Kier molecular flexibility index (Phi) is 12.0. The van der Waals surface area contributed by atoms with E-state index in [9.17, 15) is 9.90 Å². The minimum Gasteiger partial charge on any atom is -0.481 e. The molecule has 3 heteroatoms. The average Bonchev–Trinajstić information content (AvgIpc) is 2.53. The summed E-state index contributed by atoms with van der Waals surface area (Å²) in [4.78, 5) is 11.3. The van der Waals surface area contributed by atoms with Gasteiger partial charge in [-0.15, -0.1) is 0 Å².